The number of hydrogen-bond donors (Lipinski definition) is 0. The Bertz CT molecular complexity index is 599. The summed E-state index contributed by atoms with van der Waals surface area (Å²) in [5.41, 5.74) is 0. The summed E-state index contributed by atoms with van der Waals surface area (Å²) in [5, 5.41) is 1.61. The molecule has 2 aromatic carbocycles. The zero-order valence-corrected chi connectivity index (χ0v) is 13.3. The van der Waals surface area contributed by atoms with Crippen molar-refractivity contribution in [3.63, 3.8) is 0 Å². The number of halogens is 1. The first-order chi connectivity index (χ1) is 8.72. The first-order valence-electron chi connectivity index (χ1n) is 6.59. The molecule has 0 N–H and O–H groups in total. The second kappa shape index (κ2) is 4.64. The molecule has 0 aliphatic heterocycles. The Hall–Kier alpha value is -1.35. The lowest BCUT2D eigenvalue weighted by molar-refractivity contribution is 0.495. The van der Waals surface area contributed by atoms with Gasteiger partial charge >= 0.3 is 0 Å². The second-order valence-corrected chi connectivity index (χ2v) is 11.2. The van der Waals surface area contributed by atoms with Crippen LogP contribution in [0.1, 0.15) is 20.8 Å². The molecule has 3 heteroatoms. The summed E-state index contributed by atoms with van der Waals surface area (Å²) in [7, 11) is -1.90. The minimum absolute atomic E-state index is 0.127. The molecule has 2 aromatic rings. The van der Waals surface area contributed by atoms with Crippen molar-refractivity contribution < 1.29 is 8.82 Å². The topological polar surface area (TPSA) is 9.23 Å². The molecule has 0 spiro atoms. The van der Waals surface area contributed by atoms with Gasteiger partial charge < -0.3 is 4.43 Å². The molecule has 2 rings (SSSR count). The molecule has 0 aromatic heterocycles. The zero-order valence-electron chi connectivity index (χ0n) is 12.3. The van der Waals surface area contributed by atoms with Crippen LogP contribution in [0, 0.1) is 5.82 Å². The molecule has 0 atom stereocenters. The highest BCUT2D eigenvalue weighted by atomic mass is 28.4. The van der Waals surface area contributed by atoms with Crippen LogP contribution in [0.25, 0.3) is 10.8 Å². The van der Waals surface area contributed by atoms with E-state index in [-0.39, 0.29) is 10.9 Å². The molecular weight excluding hydrogens is 255 g/mol. The van der Waals surface area contributed by atoms with E-state index in [2.05, 4.69) is 33.9 Å². The van der Waals surface area contributed by atoms with Crippen LogP contribution in [0.5, 0.6) is 5.75 Å². The van der Waals surface area contributed by atoms with Crippen LogP contribution in [0.4, 0.5) is 4.39 Å². The summed E-state index contributed by atoms with van der Waals surface area (Å²) in [6.07, 6.45) is 0. The van der Waals surface area contributed by atoms with Crippen LogP contribution in [-0.2, 0) is 0 Å². The fraction of sp³-hybridized carbons (Fsp3) is 0.375. The van der Waals surface area contributed by atoms with E-state index < -0.39 is 8.32 Å². The maximum atomic E-state index is 13.8. The summed E-state index contributed by atoms with van der Waals surface area (Å²) >= 11 is 0. The van der Waals surface area contributed by atoms with Crippen LogP contribution >= 0.6 is 0 Å². The van der Waals surface area contributed by atoms with E-state index in [4.69, 9.17) is 4.43 Å². The zero-order chi connectivity index (χ0) is 14.3. The van der Waals surface area contributed by atoms with Crippen molar-refractivity contribution in [2.75, 3.05) is 0 Å². The largest absolute Gasteiger partial charge is 0.543 e. The van der Waals surface area contributed by atoms with Gasteiger partial charge in [0.1, 0.15) is 11.6 Å². The monoisotopic (exact) mass is 276 g/mol. The normalized spacial score (nSPS) is 12.7. The van der Waals surface area contributed by atoms with Crippen LogP contribution in [-0.4, -0.2) is 8.32 Å². The van der Waals surface area contributed by atoms with Gasteiger partial charge in [-0.15, -0.1) is 0 Å². The first kappa shape index (κ1) is 14.1. The van der Waals surface area contributed by atoms with Gasteiger partial charge in [-0.1, -0.05) is 45.0 Å². The van der Waals surface area contributed by atoms with Gasteiger partial charge in [-0.05, 0) is 30.3 Å². The number of benzene rings is 2. The maximum Gasteiger partial charge on any atom is 0.250 e. The molecule has 1 nitrogen and oxygen atoms in total. The van der Waals surface area contributed by atoms with E-state index in [9.17, 15) is 4.39 Å². The SMILES string of the molecule is CC(C)(C)[Si](C)(C)Oc1ccc(F)c2ccccc12. The lowest BCUT2D eigenvalue weighted by Gasteiger charge is -2.36. The summed E-state index contributed by atoms with van der Waals surface area (Å²) in [6.45, 7) is 11.0. The summed E-state index contributed by atoms with van der Waals surface area (Å²) in [6, 6.07) is 10.7. The fourth-order valence-electron chi connectivity index (χ4n) is 1.75. The van der Waals surface area contributed by atoms with E-state index in [1.165, 1.54) is 6.07 Å². The van der Waals surface area contributed by atoms with Gasteiger partial charge in [0, 0.05) is 10.8 Å². The third-order valence-corrected chi connectivity index (χ3v) is 8.34. The van der Waals surface area contributed by atoms with Crippen molar-refractivity contribution in [2.45, 2.75) is 38.9 Å². The van der Waals surface area contributed by atoms with Crippen molar-refractivity contribution in [1.29, 1.82) is 0 Å². The molecule has 0 unspecified atom stereocenters. The number of fused-ring (bicyclic) bond motifs is 1. The van der Waals surface area contributed by atoms with Crippen molar-refractivity contribution in [3.05, 3.63) is 42.2 Å². The van der Waals surface area contributed by atoms with Crippen LogP contribution in [0.15, 0.2) is 36.4 Å². The minimum Gasteiger partial charge on any atom is -0.543 e. The lowest BCUT2D eigenvalue weighted by Crippen LogP contribution is -2.43. The molecular formula is C16H21FOSi. The Kier molecular flexibility index (Phi) is 3.43. The predicted octanol–water partition coefficient (Wildman–Crippen LogP) is 5.36. The van der Waals surface area contributed by atoms with Gasteiger partial charge in [0.25, 0.3) is 8.32 Å². The Morgan fingerprint density at radius 2 is 1.53 bits per heavy atom. The van der Waals surface area contributed by atoms with Gasteiger partial charge in [-0.25, -0.2) is 4.39 Å². The Labute approximate surface area is 115 Å². The third-order valence-electron chi connectivity index (χ3n) is 4.00. The second-order valence-electron chi connectivity index (χ2n) is 6.45. The third kappa shape index (κ3) is 2.66. The molecule has 102 valence electrons. The van der Waals surface area contributed by atoms with Gasteiger partial charge in [-0.3, -0.25) is 0 Å². The molecule has 0 aliphatic rings. The molecule has 0 bridgehead atoms. The summed E-state index contributed by atoms with van der Waals surface area (Å²) in [4.78, 5) is 0. The fourth-order valence-corrected chi connectivity index (χ4v) is 2.79. The highest BCUT2D eigenvalue weighted by Crippen LogP contribution is 2.39. The Morgan fingerprint density at radius 1 is 0.947 bits per heavy atom. The summed E-state index contributed by atoms with van der Waals surface area (Å²) in [5.74, 6) is 0.599. The molecule has 19 heavy (non-hydrogen) atoms. The van der Waals surface area contributed by atoms with Crippen molar-refractivity contribution >= 4 is 19.1 Å². The quantitative estimate of drug-likeness (QED) is 0.671. The van der Waals surface area contributed by atoms with Gasteiger partial charge in [-0.2, -0.15) is 0 Å². The highest BCUT2D eigenvalue weighted by molar-refractivity contribution is 6.74. The molecule has 0 radical (unpaired) electrons. The van der Waals surface area contributed by atoms with Gasteiger partial charge in [0.05, 0.1) is 0 Å². The average molecular weight is 276 g/mol. The number of hydrogen-bond acceptors (Lipinski definition) is 1. The van der Waals surface area contributed by atoms with E-state index in [1.54, 1.807) is 12.1 Å². The smallest absolute Gasteiger partial charge is 0.250 e. The predicted molar refractivity (Wildman–Crippen MR) is 81.7 cm³/mol. The van der Waals surface area contributed by atoms with E-state index >= 15 is 0 Å². The molecule has 0 aliphatic carbocycles. The number of rotatable bonds is 2. The molecule has 0 heterocycles. The average Bonchev–Trinajstić information content (AvgIpc) is 2.32. The van der Waals surface area contributed by atoms with Gasteiger partial charge in [0.2, 0.25) is 0 Å². The Balaban J connectivity index is 2.51. The first-order valence-corrected chi connectivity index (χ1v) is 9.49. The highest BCUT2D eigenvalue weighted by Gasteiger charge is 2.39. The standard InChI is InChI=1S/C16H21FOSi/c1-16(2,3)19(4,5)18-15-11-10-14(17)12-8-6-7-9-13(12)15/h6-11H,1-5H3. The van der Waals surface area contributed by atoms with Gasteiger partial charge in [0.15, 0.2) is 0 Å². The molecule has 0 saturated heterocycles. The molecule has 0 amide bonds. The van der Waals surface area contributed by atoms with E-state index in [0.29, 0.717) is 5.39 Å². The maximum absolute atomic E-state index is 13.8. The van der Waals surface area contributed by atoms with Crippen molar-refractivity contribution in [1.82, 2.24) is 0 Å². The Morgan fingerprint density at radius 3 is 2.11 bits per heavy atom. The minimum atomic E-state index is -1.90. The molecule has 0 saturated carbocycles. The summed E-state index contributed by atoms with van der Waals surface area (Å²) < 4.78 is 20.1. The van der Waals surface area contributed by atoms with E-state index in [0.717, 1.165) is 11.1 Å². The van der Waals surface area contributed by atoms with Crippen molar-refractivity contribution in [2.24, 2.45) is 0 Å². The molecule has 0 fully saturated rings. The van der Waals surface area contributed by atoms with Crippen molar-refractivity contribution in [3.8, 4) is 5.75 Å². The van der Waals surface area contributed by atoms with Crippen LogP contribution in [0.2, 0.25) is 18.1 Å². The van der Waals surface area contributed by atoms with E-state index in [1.807, 2.05) is 18.2 Å². The van der Waals surface area contributed by atoms with Crippen LogP contribution in [0.3, 0.4) is 0 Å². The van der Waals surface area contributed by atoms with Crippen LogP contribution < -0.4 is 4.43 Å². The lowest BCUT2D eigenvalue weighted by atomic mass is 10.1.